The molecular weight excluding hydrogens is 462 g/mol. The summed E-state index contributed by atoms with van der Waals surface area (Å²) in [6.07, 6.45) is 5.65. The van der Waals surface area contributed by atoms with E-state index in [-0.39, 0.29) is 17.0 Å². The van der Waals surface area contributed by atoms with Crippen LogP contribution in [-0.4, -0.2) is 42.3 Å². The topological polar surface area (TPSA) is 80.9 Å². The molecule has 5 rings (SSSR count). The summed E-state index contributed by atoms with van der Waals surface area (Å²) >= 11 is 0. The molecule has 4 aromatic rings. The fourth-order valence-corrected chi connectivity index (χ4v) is 5.06. The Hall–Kier alpha value is -3.52. The number of benzene rings is 1. The molecule has 1 aliphatic heterocycles. The van der Waals surface area contributed by atoms with Gasteiger partial charge in [-0.3, -0.25) is 14.7 Å². The van der Waals surface area contributed by atoms with Crippen LogP contribution in [0, 0.1) is 0 Å². The molecule has 0 bridgehead atoms. The Morgan fingerprint density at radius 3 is 2.62 bits per heavy atom. The van der Waals surface area contributed by atoms with E-state index in [1.807, 2.05) is 30.7 Å². The van der Waals surface area contributed by atoms with Crippen molar-refractivity contribution < 1.29 is 0 Å². The van der Waals surface area contributed by atoms with E-state index in [0.29, 0.717) is 17.0 Å². The minimum Gasteiger partial charge on any atom is -0.324 e. The quantitative estimate of drug-likeness (QED) is 0.384. The Morgan fingerprint density at radius 1 is 1.08 bits per heavy atom. The summed E-state index contributed by atoms with van der Waals surface area (Å²) in [5.74, 6) is 0.468. The van der Waals surface area contributed by atoms with Crippen molar-refractivity contribution in [1.82, 2.24) is 29.2 Å². The lowest BCUT2D eigenvalue weighted by Crippen LogP contribution is -2.31. The van der Waals surface area contributed by atoms with E-state index in [9.17, 15) is 4.79 Å². The van der Waals surface area contributed by atoms with E-state index in [1.165, 1.54) is 17.5 Å². The molecule has 194 valence electrons. The Kier molecular flexibility index (Phi) is 6.62. The molecule has 8 heteroatoms. The highest BCUT2D eigenvalue weighted by molar-refractivity contribution is 5.77. The number of hydrogen-bond acceptors (Lipinski definition) is 6. The minimum absolute atomic E-state index is 0.0581. The van der Waals surface area contributed by atoms with Crippen molar-refractivity contribution in [3.8, 4) is 5.69 Å². The number of pyridine rings is 1. The molecule has 0 unspecified atom stereocenters. The van der Waals surface area contributed by atoms with E-state index in [0.717, 1.165) is 43.1 Å². The maximum atomic E-state index is 13.4. The van der Waals surface area contributed by atoms with Crippen molar-refractivity contribution in [3.63, 3.8) is 0 Å². The molecule has 3 aromatic heterocycles. The third kappa shape index (κ3) is 4.90. The highest BCUT2D eigenvalue weighted by Crippen LogP contribution is 2.27. The van der Waals surface area contributed by atoms with Crippen LogP contribution < -0.4 is 10.9 Å². The van der Waals surface area contributed by atoms with Crippen molar-refractivity contribution in [1.29, 1.82) is 0 Å². The van der Waals surface area contributed by atoms with E-state index >= 15 is 0 Å². The normalized spacial score (nSPS) is 14.4. The number of nitrogens with one attached hydrogen (secondary N) is 1. The molecule has 1 N–H and O–H groups in total. The van der Waals surface area contributed by atoms with Crippen LogP contribution in [0.2, 0.25) is 0 Å². The highest BCUT2D eigenvalue weighted by Gasteiger charge is 2.22. The molecule has 0 amide bonds. The molecule has 0 atom stereocenters. The first-order chi connectivity index (χ1) is 17.7. The summed E-state index contributed by atoms with van der Waals surface area (Å²) < 4.78 is 3.65. The predicted octanol–water partition coefficient (Wildman–Crippen LogP) is 5.37. The molecule has 4 heterocycles. The second-order valence-electron chi connectivity index (χ2n) is 11.3. The molecular formula is C29H37N7O. The molecule has 1 aliphatic rings. The largest absolute Gasteiger partial charge is 0.324 e. The summed E-state index contributed by atoms with van der Waals surface area (Å²) in [7, 11) is 0. The lowest BCUT2D eigenvalue weighted by molar-refractivity contribution is 0.255. The van der Waals surface area contributed by atoms with Gasteiger partial charge in [0.15, 0.2) is 5.65 Å². The molecule has 0 saturated carbocycles. The van der Waals surface area contributed by atoms with Gasteiger partial charge in [-0.15, -0.1) is 0 Å². The number of rotatable bonds is 6. The zero-order valence-electron chi connectivity index (χ0n) is 22.7. The van der Waals surface area contributed by atoms with Gasteiger partial charge in [0.2, 0.25) is 5.95 Å². The predicted molar refractivity (Wildman–Crippen MR) is 149 cm³/mol. The van der Waals surface area contributed by atoms with Gasteiger partial charge in [0, 0.05) is 48.3 Å². The van der Waals surface area contributed by atoms with Crippen LogP contribution >= 0.6 is 0 Å². The SMILES string of the molecule is CCCN1CCc2cc(Nc3ncc4c(=O)n(C(C)C)n(-c5ccnc(C(C)(C)C)c5)c4n3)ccc2C1. The van der Waals surface area contributed by atoms with E-state index in [4.69, 9.17) is 4.98 Å². The molecule has 8 nitrogen and oxygen atoms in total. The zero-order valence-corrected chi connectivity index (χ0v) is 22.7. The van der Waals surface area contributed by atoms with Crippen LogP contribution in [0.4, 0.5) is 11.6 Å². The third-order valence-corrected chi connectivity index (χ3v) is 6.96. The van der Waals surface area contributed by atoms with Gasteiger partial charge < -0.3 is 5.32 Å². The van der Waals surface area contributed by atoms with Crippen LogP contribution in [0.15, 0.2) is 47.5 Å². The number of anilines is 2. The Morgan fingerprint density at radius 2 is 1.89 bits per heavy atom. The minimum atomic E-state index is -0.121. The summed E-state index contributed by atoms with van der Waals surface area (Å²) in [5, 5.41) is 3.88. The highest BCUT2D eigenvalue weighted by atomic mass is 16.1. The van der Waals surface area contributed by atoms with Crippen molar-refractivity contribution in [2.45, 2.75) is 72.4 Å². The molecule has 1 aromatic carbocycles. The Balaban J connectivity index is 1.54. The first kappa shape index (κ1) is 25.1. The van der Waals surface area contributed by atoms with Crippen molar-refractivity contribution in [3.05, 3.63) is 69.9 Å². The van der Waals surface area contributed by atoms with Crippen LogP contribution in [0.1, 0.15) is 70.8 Å². The second kappa shape index (κ2) is 9.74. The molecule has 0 radical (unpaired) electrons. The number of aromatic nitrogens is 5. The summed E-state index contributed by atoms with van der Waals surface area (Å²) in [6, 6.07) is 10.4. The van der Waals surface area contributed by atoms with Gasteiger partial charge in [-0.1, -0.05) is 33.8 Å². The van der Waals surface area contributed by atoms with Crippen molar-refractivity contribution >= 4 is 22.7 Å². The van der Waals surface area contributed by atoms with Gasteiger partial charge in [0.05, 0.1) is 5.69 Å². The maximum Gasteiger partial charge on any atom is 0.278 e. The van der Waals surface area contributed by atoms with Gasteiger partial charge in [0.25, 0.3) is 5.56 Å². The summed E-state index contributed by atoms with van der Waals surface area (Å²) in [5.41, 5.74) is 5.88. The Bertz CT molecular complexity index is 1490. The number of hydrogen-bond donors (Lipinski definition) is 1. The average Bonchev–Trinajstić information content (AvgIpc) is 3.16. The van der Waals surface area contributed by atoms with Crippen LogP contribution in [0.25, 0.3) is 16.7 Å². The van der Waals surface area contributed by atoms with Gasteiger partial charge in [-0.25, -0.2) is 14.3 Å². The smallest absolute Gasteiger partial charge is 0.278 e. The number of nitrogens with zero attached hydrogens (tertiary/aromatic N) is 6. The van der Waals surface area contributed by atoms with Gasteiger partial charge >= 0.3 is 0 Å². The van der Waals surface area contributed by atoms with Crippen LogP contribution in [0.5, 0.6) is 0 Å². The zero-order chi connectivity index (χ0) is 26.3. The fourth-order valence-electron chi connectivity index (χ4n) is 5.06. The van der Waals surface area contributed by atoms with E-state index < -0.39 is 0 Å². The Labute approximate surface area is 218 Å². The second-order valence-corrected chi connectivity index (χ2v) is 11.3. The standard InChI is InChI=1S/C29H37N7O/c1-7-13-34-14-11-20-15-22(9-8-21(20)18-34)32-28-31-17-24-26(33-28)36(35(19(2)3)27(24)37)23-10-12-30-25(16-23)29(4,5)6/h8-10,12,15-17,19H,7,11,13-14,18H2,1-6H3,(H,31,32,33). The molecule has 0 aliphatic carbocycles. The van der Waals surface area contributed by atoms with E-state index in [2.05, 4.69) is 66.1 Å². The first-order valence-electron chi connectivity index (χ1n) is 13.2. The third-order valence-electron chi connectivity index (χ3n) is 6.96. The first-order valence-corrected chi connectivity index (χ1v) is 13.2. The number of fused-ring (bicyclic) bond motifs is 2. The van der Waals surface area contributed by atoms with Gasteiger partial charge in [0.1, 0.15) is 5.39 Å². The van der Waals surface area contributed by atoms with Crippen LogP contribution in [0.3, 0.4) is 0 Å². The van der Waals surface area contributed by atoms with Gasteiger partial charge in [-0.05, 0) is 68.6 Å². The lowest BCUT2D eigenvalue weighted by Gasteiger charge is -2.28. The summed E-state index contributed by atoms with van der Waals surface area (Å²) in [6.45, 7) is 15.9. The molecule has 0 saturated heterocycles. The maximum absolute atomic E-state index is 13.4. The average molecular weight is 500 g/mol. The van der Waals surface area contributed by atoms with Crippen LogP contribution in [-0.2, 0) is 18.4 Å². The van der Waals surface area contributed by atoms with Gasteiger partial charge in [-0.2, -0.15) is 4.98 Å². The summed E-state index contributed by atoms with van der Waals surface area (Å²) in [4.78, 5) is 29.8. The molecule has 37 heavy (non-hydrogen) atoms. The van der Waals surface area contributed by atoms with E-state index in [1.54, 1.807) is 17.1 Å². The fraction of sp³-hybridized carbons (Fsp3) is 0.448. The molecule has 0 fully saturated rings. The lowest BCUT2D eigenvalue weighted by atomic mass is 9.91. The monoisotopic (exact) mass is 499 g/mol. The van der Waals surface area contributed by atoms with Crippen molar-refractivity contribution in [2.75, 3.05) is 18.4 Å². The van der Waals surface area contributed by atoms with Crippen molar-refractivity contribution in [2.24, 2.45) is 0 Å². The molecule has 0 spiro atoms.